The SMILES string of the molecule is NCCSSC[C@H](N)C(=O)SCCN. The van der Waals surface area contributed by atoms with E-state index in [4.69, 9.17) is 17.2 Å². The molecule has 0 saturated carbocycles. The van der Waals surface area contributed by atoms with Crippen LogP contribution in [0.2, 0.25) is 0 Å². The van der Waals surface area contributed by atoms with Crippen molar-refractivity contribution in [2.45, 2.75) is 6.04 Å². The Kier molecular flexibility index (Phi) is 10.6. The first-order valence-electron chi connectivity index (χ1n) is 4.29. The highest BCUT2D eigenvalue weighted by molar-refractivity contribution is 8.76. The molecule has 84 valence electrons. The van der Waals surface area contributed by atoms with Gasteiger partial charge in [-0.3, -0.25) is 4.79 Å². The van der Waals surface area contributed by atoms with Crippen molar-refractivity contribution in [1.82, 2.24) is 0 Å². The zero-order valence-electron chi connectivity index (χ0n) is 7.98. The number of hydrogen-bond donors (Lipinski definition) is 3. The summed E-state index contributed by atoms with van der Waals surface area (Å²) in [6.07, 6.45) is 0. The van der Waals surface area contributed by atoms with Crippen molar-refractivity contribution in [3.05, 3.63) is 0 Å². The maximum absolute atomic E-state index is 11.3. The van der Waals surface area contributed by atoms with Crippen LogP contribution in [-0.2, 0) is 4.79 Å². The number of carbonyl (C=O) groups is 1. The van der Waals surface area contributed by atoms with Gasteiger partial charge in [-0.05, 0) is 0 Å². The second-order valence-corrected chi connectivity index (χ2v) is 6.18. The lowest BCUT2D eigenvalue weighted by Crippen LogP contribution is -2.31. The number of rotatable bonds is 8. The van der Waals surface area contributed by atoms with Crippen molar-refractivity contribution in [3.63, 3.8) is 0 Å². The lowest BCUT2D eigenvalue weighted by Gasteiger charge is -2.08. The molecular formula is C7H17N3OS3. The van der Waals surface area contributed by atoms with Crippen LogP contribution in [-0.4, -0.2) is 41.5 Å². The minimum Gasteiger partial charge on any atom is -0.330 e. The Hall–Kier alpha value is 0.600. The van der Waals surface area contributed by atoms with E-state index in [0.717, 1.165) is 5.75 Å². The standard InChI is InChI=1S/C7H17N3OS3/c8-1-3-12-7(11)6(10)5-14-13-4-2-9/h6H,1-5,8-10H2/t6-/m0/s1. The number of nitrogens with two attached hydrogens (primary N) is 3. The summed E-state index contributed by atoms with van der Waals surface area (Å²) in [6.45, 7) is 1.17. The minimum atomic E-state index is -0.387. The summed E-state index contributed by atoms with van der Waals surface area (Å²) in [6, 6.07) is -0.387. The molecule has 0 aromatic carbocycles. The van der Waals surface area contributed by atoms with Gasteiger partial charge in [-0.2, -0.15) is 0 Å². The van der Waals surface area contributed by atoms with Gasteiger partial charge in [0.05, 0.1) is 6.04 Å². The van der Waals surface area contributed by atoms with E-state index < -0.39 is 0 Å². The van der Waals surface area contributed by atoms with Crippen LogP contribution in [0, 0.1) is 0 Å². The van der Waals surface area contributed by atoms with E-state index in [1.807, 2.05) is 0 Å². The zero-order chi connectivity index (χ0) is 10.8. The van der Waals surface area contributed by atoms with Gasteiger partial charge in [0.2, 0.25) is 5.12 Å². The maximum atomic E-state index is 11.3. The van der Waals surface area contributed by atoms with Crippen molar-refractivity contribution >= 4 is 38.5 Å². The van der Waals surface area contributed by atoms with Crippen LogP contribution in [0.25, 0.3) is 0 Å². The van der Waals surface area contributed by atoms with Gasteiger partial charge in [0.1, 0.15) is 0 Å². The number of carbonyl (C=O) groups excluding carboxylic acids is 1. The second kappa shape index (κ2) is 10.1. The van der Waals surface area contributed by atoms with E-state index in [1.54, 1.807) is 21.6 Å². The maximum Gasteiger partial charge on any atom is 0.206 e. The fourth-order valence-electron chi connectivity index (χ4n) is 0.563. The van der Waals surface area contributed by atoms with Crippen LogP contribution in [0.1, 0.15) is 0 Å². The monoisotopic (exact) mass is 255 g/mol. The lowest BCUT2D eigenvalue weighted by atomic mass is 10.4. The van der Waals surface area contributed by atoms with Gasteiger partial charge in [0.15, 0.2) is 0 Å². The molecule has 0 aliphatic rings. The fourth-order valence-corrected chi connectivity index (χ4v) is 3.26. The second-order valence-electron chi connectivity index (χ2n) is 2.46. The Morgan fingerprint density at radius 3 is 2.36 bits per heavy atom. The summed E-state index contributed by atoms with van der Waals surface area (Å²) in [4.78, 5) is 11.3. The largest absolute Gasteiger partial charge is 0.330 e. The molecule has 0 radical (unpaired) electrons. The Morgan fingerprint density at radius 1 is 1.14 bits per heavy atom. The molecule has 14 heavy (non-hydrogen) atoms. The van der Waals surface area contributed by atoms with Crippen LogP contribution in [0.3, 0.4) is 0 Å². The molecular weight excluding hydrogens is 238 g/mol. The molecule has 0 aliphatic heterocycles. The average Bonchev–Trinajstić information content (AvgIpc) is 2.20. The predicted molar refractivity (Wildman–Crippen MR) is 68.5 cm³/mol. The highest BCUT2D eigenvalue weighted by Crippen LogP contribution is 2.21. The van der Waals surface area contributed by atoms with Crippen molar-refractivity contribution < 1.29 is 4.79 Å². The first-order chi connectivity index (χ1) is 6.72. The van der Waals surface area contributed by atoms with E-state index in [-0.39, 0.29) is 11.2 Å². The molecule has 0 rings (SSSR count). The van der Waals surface area contributed by atoms with E-state index >= 15 is 0 Å². The Balaban J connectivity index is 3.42. The predicted octanol–water partition coefficient (Wildman–Crippen LogP) is -0.128. The van der Waals surface area contributed by atoms with Gasteiger partial charge < -0.3 is 17.2 Å². The van der Waals surface area contributed by atoms with Gasteiger partial charge >= 0.3 is 0 Å². The summed E-state index contributed by atoms with van der Waals surface area (Å²) < 4.78 is 0. The molecule has 0 unspecified atom stereocenters. The van der Waals surface area contributed by atoms with E-state index in [2.05, 4.69) is 0 Å². The first kappa shape index (κ1) is 14.6. The highest BCUT2D eigenvalue weighted by atomic mass is 33.1. The fraction of sp³-hybridized carbons (Fsp3) is 0.857. The Morgan fingerprint density at radius 2 is 1.79 bits per heavy atom. The van der Waals surface area contributed by atoms with Gasteiger partial charge in [0, 0.05) is 30.3 Å². The van der Waals surface area contributed by atoms with E-state index in [1.165, 1.54) is 11.8 Å². The summed E-state index contributed by atoms with van der Waals surface area (Å²) in [5, 5.41) is 0.0244. The molecule has 0 heterocycles. The summed E-state index contributed by atoms with van der Waals surface area (Å²) in [7, 11) is 3.24. The molecule has 4 nitrogen and oxygen atoms in total. The third-order valence-corrected chi connectivity index (χ3v) is 4.70. The third kappa shape index (κ3) is 7.95. The van der Waals surface area contributed by atoms with E-state index in [9.17, 15) is 4.79 Å². The molecule has 6 N–H and O–H groups in total. The number of hydrogen-bond acceptors (Lipinski definition) is 7. The summed E-state index contributed by atoms with van der Waals surface area (Å²) in [5.74, 6) is 2.18. The molecule has 0 saturated heterocycles. The molecule has 0 aromatic rings. The molecule has 0 amide bonds. The topological polar surface area (TPSA) is 95.1 Å². The van der Waals surface area contributed by atoms with Crippen molar-refractivity contribution in [2.75, 3.05) is 30.3 Å². The quantitative estimate of drug-likeness (QED) is 0.411. The first-order valence-corrected chi connectivity index (χ1v) is 7.76. The summed E-state index contributed by atoms with van der Waals surface area (Å²) >= 11 is 1.21. The van der Waals surface area contributed by atoms with Gasteiger partial charge in [-0.15, -0.1) is 0 Å². The normalized spacial score (nSPS) is 12.8. The third-order valence-electron chi connectivity index (χ3n) is 1.20. The minimum absolute atomic E-state index is 0.0244. The molecule has 0 aromatic heterocycles. The molecule has 0 spiro atoms. The molecule has 0 bridgehead atoms. The van der Waals surface area contributed by atoms with Crippen molar-refractivity contribution in [1.29, 1.82) is 0 Å². The Bertz CT molecular complexity index is 159. The van der Waals surface area contributed by atoms with Crippen molar-refractivity contribution in [3.8, 4) is 0 Å². The van der Waals surface area contributed by atoms with Gasteiger partial charge in [0.25, 0.3) is 0 Å². The molecule has 1 atom stereocenters. The van der Waals surface area contributed by atoms with Crippen LogP contribution in [0.4, 0.5) is 0 Å². The van der Waals surface area contributed by atoms with Gasteiger partial charge in [-0.25, -0.2) is 0 Å². The highest BCUT2D eigenvalue weighted by Gasteiger charge is 2.13. The lowest BCUT2D eigenvalue weighted by molar-refractivity contribution is -0.111. The zero-order valence-corrected chi connectivity index (χ0v) is 10.4. The average molecular weight is 255 g/mol. The Labute approximate surface area is 96.9 Å². The van der Waals surface area contributed by atoms with Crippen LogP contribution >= 0.6 is 33.3 Å². The van der Waals surface area contributed by atoms with Crippen LogP contribution in [0.5, 0.6) is 0 Å². The van der Waals surface area contributed by atoms with Crippen LogP contribution < -0.4 is 17.2 Å². The molecule has 0 aliphatic carbocycles. The van der Waals surface area contributed by atoms with E-state index in [0.29, 0.717) is 24.6 Å². The number of thioether (sulfide) groups is 1. The van der Waals surface area contributed by atoms with Gasteiger partial charge in [-0.1, -0.05) is 33.3 Å². The molecule has 7 heteroatoms. The van der Waals surface area contributed by atoms with Crippen molar-refractivity contribution in [2.24, 2.45) is 17.2 Å². The smallest absolute Gasteiger partial charge is 0.206 e. The molecule has 0 fully saturated rings. The van der Waals surface area contributed by atoms with Crippen LogP contribution in [0.15, 0.2) is 0 Å². The summed E-state index contributed by atoms with van der Waals surface area (Å²) in [5.41, 5.74) is 16.3.